The molecule has 3 aromatic rings. The molecule has 2 atom stereocenters. The molecule has 0 fully saturated rings. The predicted octanol–water partition coefficient (Wildman–Crippen LogP) is 6.20. The first-order chi connectivity index (χ1) is 10.7. The molecule has 106 valence electrons. The highest BCUT2D eigenvalue weighted by Gasteiger charge is 2.40. The smallest absolute Gasteiger partial charge is 0.0349 e. The van der Waals surface area contributed by atoms with Gasteiger partial charge in [0.15, 0.2) is 0 Å². The van der Waals surface area contributed by atoms with E-state index in [4.69, 9.17) is 0 Å². The minimum atomic E-state index is 0.358. The second-order valence-corrected chi connectivity index (χ2v) is 7.87. The first kappa shape index (κ1) is 13.1. The van der Waals surface area contributed by atoms with Crippen molar-refractivity contribution in [1.29, 1.82) is 0 Å². The highest BCUT2D eigenvalue weighted by atomic mass is 79.9. The van der Waals surface area contributed by atoms with Crippen molar-refractivity contribution in [2.24, 2.45) is 0 Å². The molecule has 3 aliphatic carbocycles. The molecule has 0 radical (unpaired) electrons. The Kier molecular flexibility index (Phi) is 2.71. The Balaban J connectivity index is 1.90. The summed E-state index contributed by atoms with van der Waals surface area (Å²) in [7, 11) is 0. The molecule has 0 spiro atoms. The molecule has 0 heterocycles. The third-order valence-electron chi connectivity index (χ3n) is 4.96. The minimum absolute atomic E-state index is 0.358. The van der Waals surface area contributed by atoms with E-state index < -0.39 is 0 Å². The third-order valence-corrected chi connectivity index (χ3v) is 5.95. The van der Waals surface area contributed by atoms with Crippen molar-refractivity contribution in [2.75, 3.05) is 0 Å². The normalized spacial score (nSPS) is 20.3. The maximum atomic E-state index is 3.65. The van der Waals surface area contributed by atoms with Gasteiger partial charge in [-0.05, 0) is 57.6 Å². The van der Waals surface area contributed by atoms with Crippen molar-refractivity contribution < 1.29 is 0 Å². The highest BCUT2D eigenvalue weighted by molar-refractivity contribution is 9.10. The Hall–Kier alpha value is -1.38. The van der Waals surface area contributed by atoms with E-state index in [2.05, 4.69) is 92.5 Å². The van der Waals surface area contributed by atoms with Crippen molar-refractivity contribution in [1.82, 2.24) is 0 Å². The molecule has 0 saturated heterocycles. The van der Waals surface area contributed by atoms with Gasteiger partial charge in [-0.25, -0.2) is 0 Å². The maximum Gasteiger partial charge on any atom is 0.0349 e. The van der Waals surface area contributed by atoms with Gasteiger partial charge in [0.25, 0.3) is 0 Å². The summed E-state index contributed by atoms with van der Waals surface area (Å²) in [5.74, 6) is 0.716. The quantitative estimate of drug-likeness (QED) is 0.284. The summed E-state index contributed by atoms with van der Waals surface area (Å²) in [6.07, 6.45) is 0. The van der Waals surface area contributed by atoms with Crippen LogP contribution < -0.4 is 0 Å². The fourth-order valence-electron chi connectivity index (χ4n) is 4.16. The fraction of sp³-hybridized carbons (Fsp3) is 0.100. The zero-order chi connectivity index (χ0) is 14.8. The summed E-state index contributed by atoms with van der Waals surface area (Å²) in [4.78, 5) is 0. The summed E-state index contributed by atoms with van der Waals surface area (Å²) >= 11 is 7.29. The number of hydrogen-bond donors (Lipinski definition) is 0. The predicted molar refractivity (Wildman–Crippen MR) is 96.6 cm³/mol. The lowest BCUT2D eigenvalue weighted by atomic mass is 9.61. The first-order valence-corrected chi connectivity index (χ1v) is 9.00. The molecule has 0 saturated carbocycles. The third kappa shape index (κ3) is 1.63. The number of hydrogen-bond acceptors (Lipinski definition) is 0. The van der Waals surface area contributed by atoms with Gasteiger partial charge in [0.1, 0.15) is 0 Å². The van der Waals surface area contributed by atoms with Crippen LogP contribution in [0.3, 0.4) is 0 Å². The molecule has 2 bridgehead atoms. The van der Waals surface area contributed by atoms with E-state index in [1.807, 2.05) is 0 Å². The van der Waals surface area contributed by atoms with E-state index in [0.29, 0.717) is 11.8 Å². The standard InChI is InChI=1S/C20H12Br2/c21-11-6-8-16-17(9-11)19-13-3-1-2-4-14(13)20(16)18-10-12(22)5-7-15(18)19/h1-10,19-20H. The highest BCUT2D eigenvalue weighted by Crippen LogP contribution is 2.56. The lowest BCUT2D eigenvalue weighted by Gasteiger charge is -2.42. The van der Waals surface area contributed by atoms with Crippen LogP contribution in [0.2, 0.25) is 0 Å². The average molecular weight is 412 g/mol. The van der Waals surface area contributed by atoms with Crippen LogP contribution in [-0.2, 0) is 0 Å². The molecule has 0 nitrogen and oxygen atoms in total. The van der Waals surface area contributed by atoms with Crippen LogP contribution >= 0.6 is 31.9 Å². The molecule has 0 aromatic heterocycles. The van der Waals surface area contributed by atoms with Gasteiger partial charge in [-0.1, -0.05) is 68.3 Å². The second-order valence-electron chi connectivity index (χ2n) is 6.04. The van der Waals surface area contributed by atoms with Crippen LogP contribution in [0.1, 0.15) is 45.2 Å². The van der Waals surface area contributed by atoms with E-state index >= 15 is 0 Å². The van der Waals surface area contributed by atoms with Crippen molar-refractivity contribution in [3.05, 3.63) is 103 Å². The molecular formula is C20H12Br2. The monoisotopic (exact) mass is 410 g/mol. The molecule has 0 aliphatic heterocycles. The van der Waals surface area contributed by atoms with Crippen LogP contribution in [0.15, 0.2) is 69.6 Å². The topological polar surface area (TPSA) is 0 Å². The molecule has 3 aromatic carbocycles. The van der Waals surface area contributed by atoms with Gasteiger partial charge in [-0.15, -0.1) is 0 Å². The lowest BCUT2D eigenvalue weighted by molar-refractivity contribution is 0.753. The number of halogens is 2. The molecule has 0 amide bonds. The molecular weight excluding hydrogens is 400 g/mol. The van der Waals surface area contributed by atoms with Crippen molar-refractivity contribution in [3.8, 4) is 0 Å². The van der Waals surface area contributed by atoms with E-state index in [0.717, 1.165) is 8.95 Å². The largest absolute Gasteiger partial charge is 0.0619 e. The molecule has 3 aliphatic rings. The van der Waals surface area contributed by atoms with Crippen LogP contribution in [-0.4, -0.2) is 0 Å². The van der Waals surface area contributed by atoms with Crippen molar-refractivity contribution in [2.45, 2.75) is 11.8 Å². The summed E-state index contributed by atoms with van der Waals surface area (Å²) in [6, 6.07) is 22.4. The van der Waals surface area contributed by atoms with E-state index in [1.165, 1.54) is 33.4 Å². The van der Waals surface area contributed by atoms with E-state index in [9.17, 15) is 0 Å². The van der Waals surface area contributed by atoms with E-state index in [1.54, 1.807) is 0 Å². The van der Waals surface area contributed by atoms with Gasteiger partial charge in [-0.3, -0.25) is 0 Å². The Morgan fingerprint density at radius 1 is 0.500 bits per heavy atom. The van der Waals surface area contributed by atoms with Gasteiger partial charge in [0.05, 0.1) is 0 Å². The number of rotatable bonds is 0. The Morgan fingerprint density at radius 2 is 0.909 bits per heavy atom. The van der Waals surface area contributed by atoms with Crippen LogP contribution in [0.5, 0.6) is 0 Å². The van der Waals surface area contributed by atoms with Crippen molar-refractivity contribution >= 4 is 31.9 Å². The van der Waals surface area contributed by atoms with Gasteiger partial charge in [0, 0.05) is 20.8 Å². The Morgan fingerprint density at radius 3 is 1.36 bits per heavy atom. The van der Waals surface area contributed by atoms with Crippen molar-refractivity contribution in [3.63, 3.8) is 0 Å². The molecule has 2 unspecified atom stereocenters. The lowest BCUT2D eigenvalue weighted by Crippen LogP contribution is -2.27. The van der Waals surface area contributed by atoms with Gasteiger partial charge in [0.2, 0.25) is 0 Å². The Bertz CT molecular complexity index is 850. The SMILES string of the molecule is Brc1ccc2c(c1)C1c3ccccc3C2c2cc(Br)ccc21. The van der Waals surface area contributed by atoms with Gasteiger partial charge >= 0.3 is 0 Å². The summed E-state index contributed by atoms with van der Waals surface area (Å²) in [5, 5.41) is 0. The van der Waals surface area contributed by atoms with Crippen LogP contribution in [0, 0.1) is 0 Å². The second kappa shape index (κ2) is 4.56. The number of benzene rings is 3. The van der Waals surface area contributed by atoms with Gasteiger partial charge < -0.3 is 0 Å². The van der Waals surface area contributed by atoms with Crippen LogP contribution in [0.25, 0.3) is 0 Å². The molecule has 22 heavy (non-hydrogen) atoms. The summed E-state index contributed by atoms with van der Waals surface area (Å²) in [5.41, 5.74) is 8.75. The van der Waals surface area contributed by atoms with Gasteiger partial charge in [-0.2, -0.15) is 0 Å². The fourth-order valence-corrected chi connectivity index (χ4v) is 4.92. The maximum absolute atomic E-state index is 3.65. The Labute approximate surface area is 146 Å². The summed E-state index contributed by atoms with van der Waals surface area (Å²) < 4.78 is 2.32. The van der Waals surface area contributed by atoms with E-state index in [-0.39, 0.29) is 0 Å². The zero-order valence-corrected chi connectivity index (χ0v) is 14.9. The first-order valence-electron chi connectivity index (χ1n) is 7.41. The van der Waals surface area contributed by atoms with Crippen LogP contribution in [0.4, 0.5) is 0 Å². The minimum Gasteiger partial charge on any atom is -0.0619 e. The molecule has 6 rings (SSSR count). The average Bonchev–Trinajstić information content (AvgIpc) is 2.54. The summed E-state index contributed by atoms with van der Waals surface area (Å²) in [6.45, 7) is 0. The molecule has 0 N–H and O–H groups in total. The zero-order valence-electron chi connectivity index (χ0n) is 11.7. The molecule has 2 heteroatoms.